The van der Waals surface area contributed by atoms with Crippen LogP contribution in [0.5, 0.6) is 5.75 Å². The molecule has 1 aliphatic rings. The normalized spacial score (nSPS) is 15.9. The Hall–Kier alpha value is -3.09. The number of pyridine rings is 1. The van der Waals surface area contributed by atoms with Gasteiger partial charge in [0.15, 0.2) is 6.10 Å². The Bertz CT molecular complexity index is 805. The standard InChI is InChI=1S/C19H22N4O3/c1-13-19(25)23(15-6-4-5-7-16(15)26-13)11-10-18(24)21-14-8-9-17(20-12-14)22(2)3/h4-9,12-13H,10-11H2,1-3H3,(H,21,24). The second kappa shape index (κ2) is 7.43. The highest BCUT2D eigenvalue weighted by atomic mass is 16.5. The molecule has 7 nitrogen and oxygen atoms in total. The van der Waals surface area contributed by atoms with E-state index in [0.29, 0.717) is 23.7 Å². The van der Waals surface area contributed by atoms with Crippen molar-refractivity contribution in [2.45, 2.75) is 19.4 Å². The van der Waals surface area contributed by atoms with Gasteiger partial charge in [-0.05, 0) is 31.2 Å². The zero-order chi connectivity index (χ0) is 18.7. The van der Waals surface area contributed by atoms with Gasteiger partial charge in [-0.25, -0.2) is 4.98 Å². The first-order valence-corrected chi connectivity index (χ1v) is 8.46. The topological polar surface area (TPSA) is 74.8 Å². The molecule has 2 amide bonds. The lowest BCUT2D eigenvalue weighted by Crippen LogP contribution is -2.45. The van der Waals surface area contributed by atoms with Gasteiger partial charge in [0.2, 0.25) is 5.91 Å². The SMILES string of the molecule is CC1Oc2ccccc2N(CCC(=O)Nc2ccc(N(C)C)nc2)C1=O. The molecule has 0 saturated carbocycles. The average Bonchev–Trinajstić information content (AvgIpc) is 2.62. The van der Waals surface area contributed by atoms with Crippen LogP contribution in [0.15, 0.2) is 42.6 Å². The minimum absolute atomic E-state index is 0.145. The summed E-state index contributed by atoms with van der Waals surface area (Å²) in [5, 5.41) is 2.81. The molecule has 0 fully saturated rings. The van der Waals surface area contributed by atoms with E-state index in [9.17, 15) is 9.59 Å². The van der Waals surface area contributed by atoms with Crippen molar-refractivity contribution >= 4 is 29.0 Å². The van der Waals surface area contributed by atoms with Gasteiger partial charge in [0.25, 0.3) is 5.91 Å². The summed E-state index contributed by atoms with van der Waals surface area (Å²) in [4.78, 5) is 32.4. The Morgan fingerprint density at radius 3 is 2.73 bits per heavy atom. The van der Waals surface area contributed by atoms with Crippen LogP contribution in [0, 0.1) is 0 Å². The van der Waals surface area contributed by atoms with Crippen LogP contribution in [0.4, 0.5) is 17.2 Å². The average molecular weight is 354 g/mol. The van der Waals surface area contributed by atoms with Gasteiger partial charge in [-0.1, -0.05) is 12.1 Å². The van der Waals surface area contributed by atoms with Gasteiger partial charge in [0, 0.05) is 27.1 Å². The zero-order valence-corrected chi connectivity index (χ0v) is 15.1. The molecule has 3 rings (SSSR count). The molecule has 136 valence electrons. The Balaban J connectivity index is 1.63. The van der Waals surface area contributed by atoms with E-state index in [1.54, 1.807) is 24.1 Å². The first-order chi connectivity index (χ1) is 12.5. The van der Waals surface area contributed by atoms with Crippen LogP contribution in [0.25, 0.3) is 0 Å². The number of carbonyl (C=O) groups is 2. The van der Waals surface area contributed by atoms with E-state index in [2.05, 4.69) is 10.3 Å². The molecule has 0 bridgehead atoms. The molecule has 2 aromatic rings. The summed E-state index contributed by atoms with van der Waals surface area (Å²) in [5.74, 6) is 1.15. The molecule has 1 unspecified atom stereocenters. The highest BCUT2D eigenvalue weighted by Gasteiger charge is 2.31. The summed E-state index contributed by atoms with van der Waals surface area (Å²) >= 11 is 0. The van der Waals surface area contributed by atoms with Crippen LogP contribution in [-0.2, 0) is 9.59 Å². The van der Waals surface area contributed by atoms with Crippen molar-refractivity contribution in [3.8, 4) is 5.75 Å². The minimum atomic E-state index is -0.560. The van der Waals surface area contributed by atoms with Crippen LogP contribution in [0.1, 0.15) is 13.3 Å². The second-order valence-electron chi connectivity index (χ2n) is 6.32. The predicted octanol–water partition coefficient (Wildman–Crippen LogP) is 2.29. The highest BCUT2D eigenvalue weighted by Crippen LogP contribution is 2.33. The lowest BCUT2D eigenvalue weighted by atomic mass is 10.1. The summed E-state index contributed by atoms with van der Waals surface area (Å²) in [7, 11) is 3.80. The number of anilines is 3. The van der Waals surface area contributed by atoms with E-state index in [4.69, 9.17) is 4.74 Å². The van der Waals surface area contributed by atoms with Crippen molar-refractivity contribution < 1.29 is 14.3 Å². The fourth-order valence-corrected chi connectivity index (χ4v) is 2.75. The molecule has 0 aliphatic carbocycles. The summed E-state index contributed by atoms with van der Waals surface area (Å²) in [6, 6.07) is 11.0. The Morgan fingerprint density at radius 2 is 2.04 bits per heavy atom. The first kappa shape index (κ1) is 17.7. The van der Waals surface area contributed by atoms with E-state index in [1.165, 1.54) is 0 Å². The summed E-state index contributed by atoms with van der Waals surface area (Å²) in [6.45, 7) is 2.00. The number of amides is 2. The molecular weight excluding hydrogens is 332 g/mol. The molecule has 26 heavy (non-hydrogen) atoms. The number of carbonyl (C=O) groups excluding carboxylic acids is 2. The summed E-state index contributed by atoms with van der Waals surface area (Å²) < 4.78 is 5.60. The smallest absolute Gasteiger partial charge is 0.267 e. The van der Waals surface area contributed by atoms with Crippen molar-refractivity contribution in [1.29, 1.82) is 0 Å². The van der Waals surface area contributed by atoms with Crippen LogP contribution in [-0.4, -0.2) is 43.5 Å². The lowest BCUT2D eigenvalue weighted by molar-refractivity contribution is -0.125. The van der Waals surface area contributed by atoms with Crippen molar-refractivity contribution in [2.24, 2.45) is 0 Å². The Kier molecular flexibility index (Phi) is 5.06. The Labute approximate surface area is 152 Å². The molecule has 1 aliphatic heterocycles. The predicted molar refractivity (Wildman–Crippen MR) is 101 cm³/mol. The van der Waals surface area contributed by atoms with Gasteiger partial charge >= 0.3 is 0 Å². The van der Waals surface area contributed by atoms with E-state index in [1.807, 2.05) is 49.3 Å². The number of nitrogens with zero attached hydrogens (tertiary/aromatic N) is 3. The van der Waals surface area contributed by atoms with E-state index < -0.39 is 6.10 Å². The molecule has 7 heteroatoms. The van der Waals surface area contributed by atoms with Crippen molar-refractivity contribution in [1.82, 2.24) is 4.98 Å². The quantitative estimate of drug-likeness (QED) is 0.892. The largest absolute Gasteiger partial charge is 0.479 e. The molecule has 0 saturated heterocycles. The van der Waals surface area contributed by atoms with Crippen LogP contribution in [0.2, 0.25) is 0 Å². The van der Waals surface area contributed by atoms with E-state index >= 15 is 0 Å². The number of para-hydroxylation sites is 2. The third kappa shape index (κ3) is 3.77. The molecule has 1 N–H and O–H groups in total. The van der Waals surface area contributed by atoms with Gasteiger partial charge in [-0.2, -0.15) is 0 Å². The highest BCUT2D eigenvalue weighted by molar-refractivity contribution is 6.00. The first-order valence-electron chi connectivity index (χ1n) is 8.46. The third-order valence-corrected chi connectivity index (χ3v) is 4.13. The van der Waals surface area contributed by atoms with Gasteiger partial charge in [0.1, 0.15) is 11.6 Å². The molecule has 0 spiro atoms. The monoisotopic (exact) mass is 354 g/mol. The van der Waals surface area contributed by atoms with Gasteiger partial charge < -0.3 is 19.9 Å². The fourth-order valence-electron chi connectivity index (χ4n) is 2.75. The third-order valence-electron chi connectivity index (χ3n) is 4.13. The van der Waals surface area contributed by atoms with E-state index in [-0.39, 0.29) is 18.2 Å². The molecular formula is C19H22N4O3. The number of benzene rings is 1. The minimum Gasteiger partial charge on any atom is -0.479 e. The molecule has 1 atom stereocenters. The van der Waals surface area contributed by atoms with E-state index in [0.717, 1.165) is 5.82 Å². The number of ether oxygens (including phenoxy) is 1. The maximum absolute atomic E-state index is 12.4. The maximum atomic E-state index is 12.4. The molecule has 1 aromatic heterocycles. The number of nitrogens with one attached hydrogen (secondary N) is 1. The number of aromatic nitrogens is 1. The van der Waals surface area contributed by atoms with Crippen molar-refractivity contribution in [3.05, 3.63) is 42.6 Å². The molecule has 1 aromatic carbocycles. The van der Waals surface area contributed by atoms with Crippen LogP contribution in [0.3, 0.4) is 0 Å². The van der Waals surface area contributed by atoms with Crippen molar-refractivity contribution in [2.75, 3.05) is 35.8 Å². The van der Waals surface area contributed by atoms with Gasteiger partial charge in [-0.15, -0.1) is 0 Å². The maximum Gasteiger partial charge on any atom is 0.267 e. The second-order valence-corrected chi connectivity index (χ2v) is 6.32. The van der Waals surface area contributed by atoms with Crippen LogP contribution >= 0.6 is 0 Å². The van der Waals surface area contributed by atoms with Gasteiger partial charge in [0.05, 0.1) is 17.6 Å². The Morgan fingerprint density at radius 1 is 1.27 bits per heavy atom. The van der Waals surface area contributed by atoms with Crippen LogP contribution < -0.4 is 19.9 Å². The lowest BCUT2D eigenvalue weighted by Gasteiger charge is -2.32. The summed E-state index contributed by atoms with van der Waals surface area (Å²) in [6.07, 6.45) is 1.24. The number of hydrogen-bond donors (Lipinski definition) is 1. The molecule has 2 heterocycles. The number of fused-ring (bicyclic) bond motifs is 1. The number of rotatable bonds is 5. The van der Waals surface area contributed by atoms with Gasteiger partial charge in [-0.3, -0.25) is 9.59 Å². The fraction of sp³-hybridized carbons (Fsp3) is 0.316. The van der Waals surface area contributed by atoms with Crippen molar-refractivity contribution in [3.63, 3.8) is 0 Å². The zero-order valence-electron chi connectivity index (χ0n) is 15.1. The summed E-state index contributed by atoms with van der Waals surface area (Å²) in [5.41, 5.74) is 1.32. The number of hydrogen-bond acceptors (Lipinski definition) is 5. The molecule has 0 radical (unpaired) electrons.